The van der Waals surface area contributed by atoms with E-state index < -0.39 is 0 Å². The summed E-state index contributed by atoms with van der Waals surface area (Å²) >= 11 is 0. The third kappa shape index (κ3) is 5.81. The van der Waals surface area contributed by atoms with Crippen LogP contribution >= 0.6 is 0 Å². The molecule has 0 atom stereocenters. The maximum Gasteiger partial charge on any atom is 0.155 e. The zero-order valence-corrected chi connectivity index (χ0v) is 18.8. The summed E-state index contributed by atoms with van der Waals surface area (Å²) in [4.78, 5) is 17.4. The molecule has 0 aliphatic rings. The largest absolute Gasteiger partial charge is 0.456 e. The Bertz CT molecular complexity index is 1360. The summed E-state index contributed by atoms with van der Waals surface area (Å²) in [5.74, 6) is 4.05. The lowest BCUT2D eigenvalue weighted by Crippen LogP contribution is -2.02. The molecule has 0 aliphatic heterocycles. The van der Waals surface area contributed by atoms with Gasteiger partial charge in [0.2, 0.25) is 0 Å². The highest BCUT2D eigenvalue weighted by molar-refractivity contribution is 6.01. The minimum Gasteiger partial charge on any atom is -0.456 e. The highest BCUT2D eigenvalue weighted by atomic mass is 16.3. The number of terminal acetylenes is 1. The van der Waals surface area contributed by atoms with E-state index in [1.807, 2.05) is 72.8 Å². The summed E-state index contributed by atoms with van der Waals surface area (Å²) in [6, 6.07) is 19.6. The topological polar surface area (TPSA) is 63.6 Å². The Kier molecular flexibility index (Phi) is 7.55. The van der Waals surface area contributed by atoms with Crippen molar-refractivity contribution in [3.8, 4) is 12.3 Å². The van der Waals surface area contributed by atoms with Crippen molar-refractivity contribution in [3.63, 3.8) is 0 Å². The Morgan fingerprint density at radius 1 is 1.06 bits per heavy atom. The van der Waals surface area contributed by atoms with Crippen molar-refractivity contribution >= 4 is 29.1 Å². The van der Waals surface area contributed by atoms with Gasteiger partial charge in [-0.25, -0.2) is 4.99 Å². The number of nitrogens with zero attached hydrogens (tertiary/aromatic N) is 4. The van der Waals surface area contributed by atoms with Gasteiger partial charge in [0, 0.05) is 53.6 Å². The molecule has 0 unspecified atom stereocenters. The predicted octanol–water partition coefficient (Wildman–Crippen LogP) is 5.95. The monoisotopic (exact) mass is 444 g/mol. The zero-order chi connectivity index (χ0) is 23.6. The van der Waals surface area contributed by atoms with E-state index in [-0.39, 0.29) is 0 Å². The number of hydrogen-bond donors (Lipinski definition) is 0. The Hall–Kier alpha value is -4.56. The van der Waals surface area contributed by atoms with Gasteiger partial charge in [0.05, 0.1) is 6.54 Å². The van der Waals surface area contributed by atoms with Gasteiger partial charge in [-0.05, 0) is 48.7 Å². The first-order valence-corrected chi connectivity index (χ1v) is 10.9. The van der Waals surface area contributed by atoms with Gasteiger partial charge in [0.25, 0.3) is 0 Å². The van der Waals surface area contributed by atoms with E-state index in [0.717, 1.165) is 39.1 Å². The van der Waals surface area contributed by atoms with Crippen molar-refractivity contribution in [3.05, 3.63) is 114 Å². The number of allylic oxidation sites excluding steroid dienone is 3. The first kappa shape index (κ1) is 22.6. The summed E-state index contributed by atoms with van der Waals surface area (Å²) in [7, 11) is 0. The normalized spacial score (nSPS) is 12.5. The Morgan fingerprint density at radius 2 is 1.94 bits per heavy atom. The van der Waals surface area contributed by atoms with Crippen LogP contribution in [0.2, 0.25) is 0 Å². The SMILES string of the molecule is C#CC/C(=C\C=C(/CN=C(N=C)c1cccnc1)Cc1ccccn1)c1cc2ccccc2o1. The van der Waals surface area contributed by atoms with Crippen LogP contribution in [0.25, 0.3) is 16.5 Å². The second-order valence-corrected chi connectivity index (χ2v) is 7.58. The molecule has 0 aliphatic carbocycles. The number of rotatable bonds is 8. The minimum atomic E-state index is 0.430. The summed E-state index contributed by atoms with van der Waals surface area (Å²) < 4.78 is 6.04. The van der Waals surface area contributed by atoms with Crippen LogP contribution in [0.5, 0.6) is 0 Å². The van der Waals surface area contributed by atoms with Crippen molar-refractivity contribution in [2.45, 2.75) is 12.8 Å². The van der Waals surface area contributed by atoms with E-state index in [0.29, 0.717) is 25.2 Å². The van der Waals surface area contributed by atoms with E-state index in [1.54, 1.807) is 18.6 Å². The Labute approximate surface area is 199 Å². The fraction of sp³-hybridized carbons (Fsp3) is 0.103. The van der Waals surface area contributed by atoms with Gasteiger partial charge in [0.15, 0.2) is 5.84 Å². The fourth-order valence-electron chi connectivity index (χ4n) is 3.50. The van der Waals surface area contributed by atoms with Crippen molar-refractivity contribution in [1.82, 2.24) is 9.97 Å². The predicted molar refractivity (Wildman–Crippen MR) is 139 cm³/mol. The lowest BCUT2D eigenvalue weighted by molar-refractivity contribution is 0.598. The van der Waals surface area contributed by atoms with E-state index in [9.17, 15) is 0 Å². The van der Waals surface area contributed by atoms with Gasteiger partial charge in [-0.1, -0.05) is 36.4 Å². The number of pyridine rings is 2. The van der Waals surface area contributed by atoms with Gasteiger partial charge in [-0.3, -0.25) is 15.0 Å². The molecule has 34 heavy (non-hydrogen) atoms. The molecule has 0 N–H and O–H groups in total. The van der Waals surface area contributed by atoms with Crippen LogP contribution in [0.3, 0.4) is 0 Å². The maximum absolute atomic E-state index is 6.04. The highest BCUT2D eigenvalue weighted by Crippen LogP contribution is 2.26. The first-order valence-electron chi connectivity index (χ1n) is 10.9. The molecule has 0 saturated heterocycles. The number of benzene rings is 1. The number of amidine groups is 1. The van der Waals surface area contributed by atoms with Crippen molar-refractivity contribution in [1.29, 1.82) is 0 Å². The van der Waals surface area contributed by atoms with Gasteiger partial charge < -0.3 is 4.42 Å². The molecule has 0 amide bonds. The molecule has 0 fully saturated rings. The average molecular weight is 445 g/mol. The number of aromatic nitrogens is 2. The number of hydrogen-bond acceptors (Lipinski definition) is 4. The third-order valence-electron chi connectivity index (χ3n) is 5.19. The van der Waals surface area contributed by atoms with Gasteiger partial charge in [-0.2, -0.15) is 0 Å². The maximum atomic E-state index is 6.04. The molecule has 3 aromatic heterocycles. The molecule has 0 saturated carbocycles. The molecule has 1 aromatic carbocycles. The molecular formula is C29H24N4O. The van der Waals surface area contributed by atoms with Crippen LogP contribution in [0.1, 0.15) is 23.4 Å². The van der Waals surface area contributed by atoms with Crippen LogP contribution in [-0.2, 0) is 6.42 Å². The van der Waals surface area contributed by atoms with Crippen LogP contribution in [0.15, 0.2) is 111 Å². The van der Waals surface area contributed by atoms with E-state index in [2.05, 4.69) is 27.6 Å². The highest BCUT2D eigenvalue weighted by Gasteiger charge is 2.09. The summed E-state index contributed by atoms with van der Waals surface area (Å²) in [5.41, 5.74) is 4.58. The fourth-order valence-corrected chi connectivity index (χ4v) is 3.50. The second-order valence-electron chi connectivity index (χ2n) is 7.58. The van der Waals surface area contributed by atoms with Crippen molar-refractivity contribution < 1.29 is 4.42 Å². The Balaban J connectivity index is 1.68. The van der Waals surface area contributed by atoms with E-state index >= 15 is 0 Å². The van der Waals surface area contributed by atoms with Crippen LogP contribution in [0, 0.1) is 12.3 Å². The lowest BCUT2D eigenvalue weighted by atomic mass is 10.1. The number of para-hydroxylation sites is 1. The molecular weight excluding hydrogens is 420 g/mol. The number of fused-ring (bicyclic) bond motifs is 1. The molecule has 3 heterocycles. The molecule has 5 nitrogen and oxygen atoms in total. The average Bonchev–Trinajstić information content (AvgIpc) is 3.32. The molecule has 4 aromatic rings. The minimum absolute atomic E-state index is 0.430. The molecule has 0 bridgehead atoms. The smallest absolute Gasteiger partial charge is 0.155 e. The quantitative estimate of drug-likeness (QED) is 0.146. The number of aliphatic imine (C=N–C) groups is 2. The number of furan rings is 1. The molecule has 0 spiro atoms. The van der Waals surface area contributed by atoms with Gasteiger partial charge in [-0.15, -0.1) is 12.3 Å². The van der Waals surface area contributed by atoms with E-state index in [1.165, 1.54) is 0 Å². The zero-order valence-electron chi connectivity index (χ0n) is 18.8. The molecule has 4 rings (SSSR count). The van der Waals surface area contributed by atoms with Crippen molar-refractivity contribution in [2.24, 2.45) is 9.98 Å². The summed E-state index contributed by atoms with van der Waals surface area (Å²) in [6.45, 7) is 4.10. The van der Waals surface area contributed by atoms with Crippen LogP contribution < -0.4 is 0 Å². The van der Waals surface area contributed by atoms with Gasteiger partial charge >= 0.3 is 0 Å². The summed E-state index contributed by atoms with van der Waals surface area (Å²) in [5, 5.41) is 1.04. The van der Waals surface area contributed by atoms with Crippen LogP contribution in [-0.4, -0.2) is 29.1 Å². The molecule has 0 radical (unpaired) electrons. The second kappa shape index (κ2) is 11.3. The Morgan fingerprint density at radius 3 is 2.68 bits per heavy atom. The molecule has 166 valence electrons. The standard InChI is InChI=1S/C29H24N4O/c1-3-9-23(28-19-24-10-4-5-13-27(24)34-28)15-14-22(18-26-12-6-7-17-32-26)20-33-29(30-2)25-11-8-16-31-21-25/h1,4-8,10-17,19,21H,2,9,18,20H2/b22-14-,23-15+,33-29?. The first-order chi connectivity index (χ1) is 16.8. The third-order valence-corrected chi connectivity index (χ3v) is 5.19. The van der Waals surface area contributed by atoms with Crippen LogP contribution in [0.4, 0.5) is 0 Å². The van der Waals surface area contributed by atoms with Crippen molar-refractivity contribution in [2.75, 3.05) is 6.54 Å². The van der Waals surface area contributed by atoms with E-state index in [4.69, 9.17) is 15.8 Å². The lowest BCUT2D eigenvalue weighted by Gasteiger charge is -2.06. The molecule has 5 heteroatoms. The summed E-state index contributed by atoms with van der Waals surface area (Å²) in [6.07, 6.45) is 16.0. The van der Waals surface area contributed by atoms with Gasteiger partial charge in [0.1, 0.15) is 11.3 Å².